The largest absolute Gasteiger partial charge is 0.399 e. The average Bonchev–Trinajstić information content (AvgIpc) is 2.34. The van der Waals surface area contributed by atoms with Crippen LogP contribution in [0, 0.1) is 0 Å². The van der Waals surface area contributed by atoms with Gasteiger partial charge in [0.1, 0.15) is 0 Å². The number of β-amino-alcohol motifs (C(OH)–C–C–N with tert-alkyl or cyclic N) is 1. The summed E-state index contributed by atoms with van der Waals surface area (Å²) in [5.74, 6) is 0.0513. The molecule has 0 radical (unpaired) electrons. The fraction of sp³-hybridized carbons (Fsp3) is 0.533. The molecule has 1 fully saturated rings. The summed E-state index contributed by atoms with van der Waals surface area (Å²) in [5.41, 5.74) is 6.02. The van der Waals surface area contributed by atoms with Crippen LogP contribution in [0.2, 0.25) is 0 Å². The minimum atomic E-state index is -0.688. The number of nitrogens with two attached hydrogens (primary N) is 1. The number of hydrogen-bond acceptors (Lipinski definition) is 3. The van der Waals surface area contributed by atoms with Gasteiger partial charge in [-0.05, 0) is 38.0 Å². The second kappa shape index (κ2) is 4.53. The number of hydrogen-bond donors (Lipinski definition) is 2. The number of benzene rings is 1. The van der Waals surface area contributed by atoms with Crippen molar-refractivity contribution in [1.29, 1.82) is 0 Å². The fourth-order valence-electron chi connectivity index (χ4n) is 2.45. The molecular weight excluding hydrogens is 240 g/mol. The monoisotopic (exact) mass is 262 g/mol. The zero-order valence-electron chi connectivity index (χ0n) is 11.8. The van der Waals surface area contributed by atoms with Crippen molar-refractivity contribution in [2.45, 2.75) is 38.2 Å². The molecule has 104 valence electrons. The van der Waals surface area contributed by atoms with Gasteiger partial charge in [-0.15, -0.1) is 0 Å². The second-order valence-corrected chi connectivity index (χ2v) is 5.99. The topological polar surface area (TPSA) is 66.6 Å². The summed E-state index contributed by atoms with van der Waals surface area (Å²) in [7, 11) is 0. The minimum absolute atomic E-state index is 0.0513. The minimum Gasteiger partial charge on any atom is -0.399 e. The molecular formula is C15H22N2O2. The van der Waals surface area contributed by atoms with Crippen molar-refractivity contribution in [3.8, 4) is 0 Å². The number of aliphatic hydroxyl groups is 1. The van der Waals surface area contributed by atoms with Crippen LogP contribution < -0.4 is 5.73 Å². The van der Waals surface area contributed by atoms with Crippen LogP contribution in [0.25, 0.3) is 0 Å². The third-order valence-electron chi connectivity index (χ3n) is 4.08. The molecule has 0 unspecified atom stereocenters. The fourth-order valence-corrected chi connectivity index (χ4v) is 2.45. The number of nitrogens with zero attached hydrogens (tertiary/aromatic N) is 1. The van der Waals surface area contributed by atoms with E-state index in [-0.39, 0.29) is 5.91 Å². The first-order valence-corrected chi connectivity index (χ1v) is 6.66. The lowest BCUT2D eigenvalue weighted by atomic mass is 9.80. The predicted molar refractivity (Wildman–Crippen MR) is 75.7 cm³/mol. The molecule has 1 aliphatic rings. The lowest BCUT2D eigenvalue weighted by Gasteiger charge is -2.48. The van der Waals surface area contributed by atoms with E-state index in [4.69, 9.17) is 5.73 Å². The Bertz CT molecular complexity index is 473. The molecule has 1 saturated heterocycles. The van der Waals surface area contributed by atoms with E-state index in [0.29, 0.717) is 25.2 Å². The summed E-state index contributed by atoms with van der Waals surface area (Å²) in [6, 6.07) is 7.39. The Morgan fingerprint density at radius 2 is 1.89 bits per heavy atom. The smallest absolute Gasteiger partial charge is 0.232 e. The summed E-state index contributed by atoms with van der Waals surface area (Å²) < 4.78 is 0. The van der Waals surface area contributed by atoms with Crippen molar-refractivity contribution in [3.63, 3.8) is 0 Å². The number of carbonyl (C=O) groups excluding carboxylic acids is 1. The van der Waals surface area contributed by atoms with Crippen LogP contribution >= 0.6 is 0 Å². The van der Waals surface area contributed by atoms with E-state index >= 15 is 0 Å². The lowest BCUT2D eigenvalue weighted by molar-refractivity contribution is -0.160. The zero-order valence-corrected chi connectivity index (χ0v) is 11.8. The van der Waals surface area contributed by atoms with Crippen molar-refractivity contribution in [1.82, 2.24) is 4.90 Å². The van der Waals surface area contributed by atoms with E-state index in [9.17, 15) is 9.90 Å². The van der Waals surface area contributed by atoms with Gasteiger partial charge in [-0.25, -0.2) is 0 Å². The van der Waals surface area contributed by atoms with Crippen LogP contribution in [0.3, 0.4) is 0 Å². The van der Waals surface area contributed by atoms with Crippen LogP contribution in [0.4, 0.5) is 5.69 Å². The molecule has 1 heterocycles. The zero-order chi connectivity index (χ0) is 14.3. The maximum atomic E-state index is 12.5. The van der Waals surface area contributed by atoms with E-state index in [1.165, 1.54) is 0 Å². The molecule has 1 aliphatic heterocycles. The average molecular weight is 262 g/mol. The second-order valence-electron chi connectivity index (χ2n) is 5.99. The van der Waals surface area contributed by atoms with Gasteiger partial charge in [-0.1, -0.05) is 19.1 Å². The molecule has 1 amide bonds. The van der Waals surface area contributed by atoms with Gasteiger partial charge < -0.3 is 15.7 Å². The quantitative estimate of drug-likeness (QED) is 0.812. The van der Waals surface area contributed by atoms with Crippen molar-refractivity contribution in [2.75, 3.05) is 18.8 Å². The van der Waals surface area contributed by atoms with Crippen LogP contribution in [-0.4, -0.2) is 34.6 Å². The molecule has 1 aromatic carbocycles. The number of likely N-dealkylation sites (tertiary alicyclic amines) is 1. The van der Waals surface area contributed by atoms with Gasteiger partial charge in [0.2, 0.25) is 5.91 Å². The maximum Gasteiger partial charge on any atom is 0.232 e. The molecule has 0 aliphatic carbocycles. The molecule has 1 aromatic rings. The third-order valence-corrected chi connectivity index (χ3v) is 4.08. The van der Waals surface area contributed by atoms with Crippen LogP contribution in [-0.2, 0) is 10.2 Å². The molecule has 19 heavy (non-hydrogen) atoms. The Morgan fingerprint density at radius 3 is 2.37 bits per heavy atom. The first-order chi connectivity index (χ1) is 8.78. The van der Waals surface area contributed by atoms with E-state index in [1.54, 1.807) is 4.90 Å². The van der Waals surface area contributed by atoms with E-state index in [2.05, 4.69) is 0 Å². The molecule has 0 aromatic heterocycles. The van der Waals surface area contributed by atoms with Gasteiger partial charge >= 0.3 is 0 Å². The van der Waals surface area contributed by atoms with Gasteiger partial charge in [0, 0.05) is 5.69 Å². The third kappa shape index (κ3) is 2.45. The van der Waals surface area contributed by atoms with E-state index in [0.717, 1.165) is 5.56 Å². The van der Waals surface area contributed by atoms with Crippen LogP contribution in [0.5, 0.6) is 0 Å². The molecule has 3 N–H and O–H groups in total. The van der Waals surface area contributed by atoms with Gasteiger partial charge in [-0.3, -0.25) is 4.79 Å². The molecule has 0 saturated carbocycles. The van der Waals surface area contributed by atoms with E-state index < -0.39 is 11.0 Å². The number of anilines is 1. The molecule has 4 heteroatoms. The number of nitrogen functional groups attached to an aromatic ring is 1. The number of amides is 1. The van der Waals surface area contributed by atoms with Crippen molar-refractivity contribution in [2.24, 2.45) is 0 Å². The Morgan fingerprint density at radius 1 is 1.37 bits per heavy atom. The highest BCUT2D eigenvalue weighted by Crippen LogP contribution is 2.32. The Balaban J connectivity index is 2.12. The van der Waals surface area contributed by atoms with E-state index in [1.807, 2.05) is 45.0 Å². The summed E-state index contributed by atoms with van der Waals surface area (Å²) in [5, 5.41) is 10.0. The van der Waals surface area contributed by atoms with Crippen LogP contribution in [0.15, 0.2) is 24.3 Å². The maximum absolute atomic E-state index is 12.5. The van der Waals surface area contributed by atoms with Crippen LogP contribution in [0.1, 0.15) is 32.8 Å². The molecule has 0 bridgehead atoms. The summed E-state index contributed by atoms with van der Waals surface area (Å²) in [6.45, 7) is 6.61. The van der Waals surface area contributed by atoms with Crippen molar-refractivity contribution < 1.29 is 9.90 Å². The Labute approximate surface area is 114 Å². The highest BCUT2D eigenvalue weighted by Gasteiger charge is 2.46. The van der Waals surface area contributed by atoms with Gasteiger partial charge in [0.15, 0.2) is 0 Å². The molecule has 0 spiro atoms. The summed E-state index contributed by atoms with van der Waals surface area (Å²) in [4.78, 5) is 14.2. The molecule has 2 rings (SSSR count). The first-order valence-electron chi connectivity index (χ1n) is 6.66. The highest BCUT2D eigenvalue weighted by atomic mass is 16.3. The highest BCUT2D eigenvalue weighted by molar-refractivity contribution is 5.88. The summed E-state index contributed by atoms with van der Waals surface area (Å²) in [6.07, 6.45) is 0.680. The Kier molecular flexibility index (Phi) is 3.31. The van der Waals surface area contributed by atoms with Gasteiger partial charge in [0.05, 0.1) is 24.1 Å². The van der Waals surface area contributed by atoms with Crippen molar-refractivity contribution >= 4 is 11.6 Å². The predicted octanol–water partition coefficient (Wildman–Crippen LogP) is 1.53. The SMILES string of the molecule is CCC1(O)CN(C(=O)C(C)(C)c2ccc(N)cc2)C1. The molecule has 0 atom stereocenters. The first kappa shape index (κ1) is 13.9. The van der Waals surface area contributed by atoms with Gasteiger partial charge in [-0.2, -0.15) is 0 Å². The number of rotatable bonds is 3. The molecule has 4 nitrogen and oxygen atoms in total. The standard InChI is InChI=1S/C15H22N2O2/c1-4-15(19)9-17(10-15)13(18)14(2,3)11-5-7-12(16)8-6-11/h5-8,19H,4,9-10,16H2,1-3H3. The number of carbonyl (C=O) groups is 1. The van der Waals surface area contributed by atoms with Gasteiger partial charge in [0.25, 0.3) is 0 Å². The Hall–Kier alpha value is -1.55. The lowest BCUT2D eigenvalue weighted by Crippen LogP contribution is -2.65. The summed E-state index contributed by atoms with van der Waals surface area (Å²) >= 11 is 0. The normalized spacial score (nSPS) is 18.0. The van der Waals surface area contributed by atoms with Crippen molar-refractivity contribution in [3.05, 3.63) is 29.8 Å².